The van der Waals surface area contributed by atoms with Crippen LogP contribution in [0.1, 0.15) is 12.5 Å². The molecule has 0 saturated carbocycles. The van der Waals surface area contributed by atoms with Crippen molar-refractivity contribution in [3.8, 4) is 0 Å². The van der Waals surface area contributed by atoms with Gasteiger partial charge in [0.05, 0.1) is 11.3 Å². The smallest absolute Gasteiger partial charge is 0.379 e. The van der Waals surface area contributed by atoms with Crippen molar-refractivity contribution in [1.82, 2.24) is 0 Å². The van der Waals surface area contributed by atoms with E-state index >= 15 is 0 Å². The number of benzene rings is 1. The highest BCUT2D eigenvalue weighted by molar-refractivity contribution is 6.25. The Bertz CT molecular complexity index is 426. The monoisotopic (exact) mass is 267 g/mol. The van der Waals surface area contributed by atoms with Gasteiger partial charge in [0.2, 0.25) is 0 Å². The molecular weight excluding hydrogens is 258 g/mol. The van der Waals surface area contributed by atoms with Crippen LogP contribution in [0.4, 0.5) is 23.2 Å². The molecule has 1 N–H and O–H groups in total. The van der Waals surface area contributed by atoms with Gasteiger partial charge in [0.1, 0.15) is 5.82 Å². The Labute approximate surface area is 101 Å². The van der Waals surface area contributed by atoms with Crippen molar-refractivity contribution in [2.45, 2.75) is 13.1 Å². The van der Waals surface area contributed by atoms with Gasteiger partial charge in [0.25, 0.3) is 0 Å². The van der Waals surface area contributed by atoms with Crippen LogP contribution in [0.3, 0.4) is 0 Å². The molecule has 0 saturated heterocycles. The normalized spacial score (nSPS) is 12.7. The summed E-state index contributed by atoms with van der Waals surface area (Å²) in [5.74, 6) is -0.736. The summed E-state index contributed by atoms with van der Waals surface area (Å²) in [4.78, 5) is 0. The molecule has 6 heteroatoms. The summed E-state index contributed by atoms with van der Waals surface area (Å²) in [5, 5.41) is 2.55. The molecule has 0 unspecified atom stereocenters. The molecule has 0 atom stereocenters. The summed E-state index contributed by atoms with van der Waals surface area (Å²) < 4.78 is 50.4. The van der Waals surface area contributed by atoms with Crippen molar-refractivity contribution in [1.29, 1.82) is 0 Å². The minimum atomic E-state index is -4.48. The zero-order valence-electron chi connectivity index (χ0n) is 8.91. The molecule has 0 fully saturated rings. The van der Waals surface area contributed by atoms with Gasteiger partial charge in [-0.1, -0.05) is 11.6 Å². The van der Waals surface area contributed by atoms with Crippen molar-refractivity contribution in [2.75, 3.05) is 11.9 Å². The van der Waals surface area contributed by atoms with Gasteiger partial charge >= 0.3 is 6.18 Å². The van der Waals surface area contributed by atoms with Crippen LogP contribution in [0.2, 0.25) is 0 Å². The van der Waals surface area contributed by atoms with E-state index in [0.717, 1.165) is 12.1 Å². The second-order valence-corrected chi connectivity index (χ2v) is 3.72. The van der Waals surface area contributed by atoms with E-state index < -0.39 is 17.6 Å². The predicted octanol–water partition coefficient (Wildman–Crippen LogP) is 4.40. The lowest BCUT2D eigenvalue weighted by Crippen LogP contribution is -2.09. The molecule has 0 aliphatic carbocycles. The number of alkyl halides is 3. The lowest BCUT2D eigenvalue weighted by Gasteiger charge is -2.11. The quantitative estimate of drug-likeness (QED) is 0.801. The van der Waals surface area contributed by atoms with Crippen LogP contribution < -0.4 is 5.32 Å². The average molecular weight is 268 g/mol. The van der Waals surface area contributed by atoms with E-state index in [1.807, 2.05) is 0 Å². The van der Waals surface area contributed by atoms with E-state index in [1.165, 1.54) is 5.54 Å². The molecule has 0 aliphatic rings. The summed E-state index contributed by atoms with van der Waals surface area (Å²) in [6.45, 7) is 1.85. The van der Waals surface area contributed by atoms with Crippen LogP contribution in [-0.4, -0.2) is 6.54 Å². The van der Waals surface area contributed by atoms with Crippen molar-refractivity contribution in [3.05, 3.63) is 40.7 Å². The van der Waals surface area contributed by atoms with Gasteiger partial charge < -0.3 is 5.32 Å². The molecule has 0 bridgehead atoms. The molecule has 1 aromatic rings. The first-order valence-electron chi connectivity index (χ1n) is 4.71. The molecule has 94 valence electrons. The van der Waals surface area contributed by atoms with E-state index in [9.17, 15) is 17.6 Å². The molecule has 0 heterocycles. The Morgan fingerprint density at radius 3 is 2.59 bits per heavy atom. The summed E-state index contributed by atoms with van der Waals surface area (Å²) in [5.41, 5.74) is 0.869. The Morgan fingerprint density at radius 1 is 1.41 bits per heavy atom. The zero-order valence-corrected chi connectivity index (χ0v) is 9.66. The molecule has 1 rings (SSSR count). The maximum absolute atomic E-state index is 13.2. The molecule has 0 amide bonds. The van der Waals surface area contributed by atoms with E-state index in [4.69, 9.17) is 11.6 Å². The van der Waals surface area contributed by atoms with E-state index in [1.54, 1.807) is 6.92 Å². The maximum Gasteiger partial charge on any atom is 0.416 e. The summed E-state index contributed by atoms with van der Waals surface area (Å²) in [6.07, 6.45) is -4.48. The minimum Gasteiger partial charge on any atom is -0.379 e. The second kappa shape index (κ2) is 5.40. The highest BCUT2D eigenvalue weighted by Crippen LogP contribution is 2.31. The van der Waals surface area contributed by atoms with Crippen LogP contribution >= 0.6 is 11.6 Å². The van der Waals surface area contributed by atoms with E-state index in [2.05, 4.69) is 5.32 Å². The van der Waals surface area contributed by atoms with Gasteiger partial charge in [-0.2, -0.15) is 13.2 Å². The van der Waals surface area contributed by atoms with Crippen molar-refractivity contribution in [3.63, 3.8) is 0 Å². The Kier molecular flexibility index (Phi) is 4.40. The first kappa shape index (κ1) is 13.8. The fourth-order valence-electron chi connectivity index (χ4n) is 1.11. The number of hydrogen-bond donors (Lipinski definition) is 1. The Balaban J connectivity index is 2.91. The standard InChI is InChI=1S/C11H10ClF4N/c1-7(5-12)6-17-10-4-8(11(14,15)16)2-3-9(10)13/h2-5,17H,6H2,1H3/b7-5-. The van der Waals surface area contributed by atoms with E-state index in [0.29, 0.717) is 11.6 Å². The highest BCUT2D eigenvalue weighted by Gasteiger charge is 2.31. The predicted molar refractivity (Wildman–Crippen MR) is 59.5 cm³/mol. The number of hydrogen-bond acceptors (Lipinski definition) is 1. The van der Waals surface area contributed by atoms with E-state index in [-0.39, 0.29) is 12.2 Å². The Hall–Kier alpha value is -1.23. The topological polar surface area (TPSA) is 12.0 Å². The molecule has 0 aromatic heterocycles. The first-order chi connectivity index (χ1) is 7.84. The van der Waals surface area contributed by atoms with Gasteiger partial charge in [0.15, 0.2) is 0 Å². The molecule has 1 nitrogen and oxygen atoms in total. The number of halogens is 5. The molecule has 1 aromatic carbocycles. The van der Waals surface area contributed by atoms with Crippen LogP contribution in [0.25, 0.3) is 0 Å². The van der Waals surface area contributed by atoms with Gasteiger partial charge in [-0.25, -0.2) is 4.39 Å². The number of rotatable bonds is 3. The van der Waals surface area contributed by atoms with Crippen LogP contribution in [0.5, 0.6) is 0 Å². The first-order valence-corrected chi connectivity index (χ1v) is 5.14. The van der Waals surface area contributed by atoms with Crippen molar-refractivity contribution < 1.29 is 17.6 Å². The Morgan fingerprint density at radius 2 is 2.06 bits per heavy atom. The molecule has 0 aliphatic heterocycles. The minimum absolute atomic E-state index is 0.182. The van der Waals surface area contributed by atoms with Crippen LogP contribution in [0, 0.1) is 5.82 Å². The summed E-state index contributed by atoms with van der Waals surface area (Å²) >= 11 is 5.39. The van der Waals surface area contributed by atoms with Crippen LogP contribution in [0.15, 0.2) is 29.3 Å². The SMILES string of the molecule is C/C(=C/Cl)CNc1cc(C(F)(F)F)ccc1F. The number of nitrogens with one attached hydrogen (secondary N) is 1. The highest BCUT2D eigenvalue weighted by atomic mass is 35.5. The van der Waals surface area contributed by atoms with Crippen molar-refractivity contribution in [2.24, 2.45) is 0 Å². The fourth-order valence-corrected chi connectivity index (χ4v) is 1.19. The lowest BCUT2D eigenvalue weighted by molar-refractivity contribution is -0.137. The van der Waals surface area contributed by atoms with Crippen molar-refractivity contribution >= 4 is 17.3 Å². The summed E-state index contributed by atoms with van der Waals surface area (Å²) in [7, 11) is 0. The fraction of sp³-hybridized carbons (Fsp3) is 0.273. The third-order valence-corrected chi connectivity index (χ3v) is 2.41. The average Bonchev–Trinajstić information content (AvgIpc) is 2.26. The largest absolute Gasteiger partial charge is 0.416 e. The third kappa shape index (κ3) is 3.93. The van der Waals surface area contributed by atoms with Gasteiger partial charge in [0, 0.05) is 12.1 Å². The molecule has 0 spiro atoms. The van der Waals surface area contributed by atoms with Gasteiger partial charge in [-0.15, -0.1) is 0 Å². The van der Waals surface area contributed by atoms with Crippen LogP contribution in [-0.2, 0) is 6.18 Å². The lowest BCUT2D eigenvalue weighted by atomic mass is 10.2. The van der Waals surface area contributed by atoms with Gasteiger partial charge in [-0.05, 0) is 30.7 Å². The molecular formula is C11H10ClF4N. The molecule has 0 radical (unpaired) electrons. The molecule has 17 heavy (non-hydrogen) atoms. The van der Waals surface area contributed by atoms with Gasteiger partial charge in [-0.3, -0.25) is 0 Å². The number of anilines is 1. The summed E-state index contributed by atoms with van der Waals surface area (Å²) in [6, 6.07) is 2.21. The third-order valence-electron chi connectivity index (χ3n) is 2.04. The second-order valence-electron chi connectivity index (χ2n) is 3.50. The maximum atomic E-state index is 13.2. The zero-order chi connectivity index (χ0) is 13.1.